The van der Waals surface area contributed by atoms with E-state index in [1.54, 1.807) is 13.0 Å². The average molecular weight is 339 g/mol. The maximum atomic E-state index is 13.0. The number of dihydropyridines is 1. The highest BCUT2D eigenvalue weighted by Gasteiger charge is 2.39. The molecule has 1 aliphatic carbocycles. The molecule has 0 radical (unpaired) electrons. The SMILES string of the molecule is CC1=C(Br)NC2=CC=CC=C(C(F)(F)F)C2=C1Cl. The van der Waals surface area contributed by atoms with Gasteiger partial charge in [0.2, 0.25) is 0 Å². The molecule has 18 heavy (non-hydrogen) atoms. The summed E-state index contributed by atoms with van der Waals surface area (Å²) < 4.78 is 39.6. The predicted octanol–water partition coefficient (Wildman–Crippen LogP) is 4.65. The molecule has 1 nitrogen and oxygen atoms in total. The third-order valence-electron chi connectivity index (χ3n) is 2.60. The predicted molar refractivity (Wildman–Crippen MR) is 69.0 cm³/mol. The molecule has 0 amide bonds. The van der Waals surface area contributed by atoms with Crippen LogP contribution in [0.4, 0.5) is 13.2 Å². The highest BCUT2D eigenvalue weighted by atomic mass is 79.9. The topological polar surface area (TPSA) is 12.0 Å². The molecule has 0 spiro atoms. The summed E-state index contributed by atoms with van der Waals surface area (Å²) in [6.45, 7) is 1.65. The fourth-order valence-electron chi connectivity index (χ4n) is 1.69. The summed E-state index contributed by atoms with van der Waals surface area (Å²) in [6, 6.07) is 0. The third-order valence-corrected chi connectivity index (χ3v) is 3.87. The van der Waals surface area contributed by atoms with Gasteiger partial charge in [0.15, 0.2) is 0 Å². The number of alkyl halides is 3. The van der Waals surface area contributed by atoms with E-state index in [9.17, 15) is 13.2 Å². The number of fused-ring (bicyclic) bond motifs is 1. The van der Waals surface area contributed by atoms with Gasteiger partial charge in [-0.15, -0.1) is 0 Å². The number of hydrogen-bond donors (Lipinski definition) is 1. The van der Waals surface area contributed by atoms with Gasteiger partial charge in [-0.25, -0.2) is 0 Å². The molecule has 0 unspecified atom stereocenters. The minimum atomic E-state index is -4.45. The van der Waals surface area contributed by atoms with E-state index < -0.39 is 11.7 Å². The molecule has 1 N–H and O–H groups in total. The van der Waals surface area contributed by atoms with Gasteiger partial charge < -0.3 is 5.32 Å². The van der Waals surface area contributed by atoms with Gasteiger partial charge in [-0.3, -0.25) is 0 Å². The zero-order valence-electron chi connectivity index (χ0n) is 9.20. The van der Waals surface area contributed by atoms with Crippen molar-refractivity contribution in [1.82, 2.24) is 5.32 Å². The van der Waals surface area contributed by atoms with Gasteiger partial charge in [-0.1, -0.05) is 23.8 Å². The molecule has 0 aromatic rings. The first-order valence-corrected chi connectivity index (χ1v) is 6.19. The van der Waals surface area contributed by atoms with E-state index >= 15 is 0 Å². The number of nitrogens with one attached hydrogen (secondary N) is 1. The van der Waals surface area contributed by atoms with Gasteiger partial charge in [0.25, 0.3) is 0 Å². The lowest BCUT2D eigenvalue weighted by molar-refractivity contribution is -0.0891. The number of hydrogen-bond acceptors (Lipinski definition) is 1. The van der Waals surface area contributed by atoms with Gasteiger partial charge in [-0.2, -0.15) is 13.2 Å². The smallest absolute Gasteiger partial charge is 0.349 e. The van der Waals surface area contributed by atoms with Crippen LogP contribution in [0.3, 0.4) is 0 Å². The second-order valence-corrected chi connectivity index (χ2v) is 4.97. The molecule has 0 saturated heterocycles. The first-order chi connectivity index (χ1) is 8.32. The maximum absolute atomic E-state index is 13.0. The Morgan fingerprint density at radius 3 is 2.44 bits per heavy atom. The first-order valence-electron chi connectivity index (χ1n) is 5.02. The minimum absolute atomic E-state index is 0.0186. The van der Waals surface area contributed by atoms with Crippen LogP contribution in [0, 0.1) is 0 Å². The van der Waals surface area contributed by atoms with E-state index in [1.807, 2.05) is 0 Å². The number of allylic oxidation sites excluding steroid dienone is 7. The van der Waals surface area contributed by atoms with Crippen molar-refractivity contribution in [2.45, 2.75) is 13.1 Å². The molecule has 2 aliphatic rings. The second-order valence-electron chi connectivity index (χ2n) is 3.80. The lowest BCUT2D eigenvalue weighted by Gasteiger charge is -2.25. The van der Waals surface area contributed by atoms with Crippen LogP contribution in [-0.4, -0.2) is 6.18 Å². The molecule has 0 bridgehead atoms. The average Bonchev–Trinajstić information content (AvgIpc) is 2.47. The van der Waals surface area contributed by atoms with Crippen LogP contribution in [0.1, 0.15) is 6.92 Å². The van der Waals surface area contributed by atoms with Crippen LogP contribution in [0.15, 0.2) is 56.4 Å². The van der Waals surface area contributed by atoms with Crippen molar-refractivity contribution in [2.24, 2.45) is 0 Å². The molecule has 0 aromatic carbocycles. The standard InChI is InChI=1S/C12H8BrClF3N/c1-6-10(14)9-7(12(15,16)17)4-2-3-5-8(9)18-11(6)13/h2-5,18H,1H3. The molecule has 0 atom stereocenters. The van der Waals surface area contributed by atoms with Crippen molar-refractivity contribution in [2.75, 3.05) is 0 Å². The normalized spacial score (nSPS) is 20.1. The van der Waals surface area contributed by atoms with Crippen molar-refractivity contribution < 1.29 is 13.2 Å². The summed E-state index contributed by atoms with van der Waals surface area (Å²) >= 11 is 9.29. The van der Waals surface area contributed by atoms with Crippen molar-refractivity contribution in [1.29, 1.82) is 0 Å². The van der Waals surface area contributed by atoms with Crippen LogP contribution in [0.5, 0.6) is 0 Å². The zero-order valence-corrected chi connectivity index (χ0v) is 11.5. The molecule has 0 aromatic heterocycles. The van der Waals surface area contributed by atoms with Gasteiger partial charge in [0.1, 0.15) is 0 Å². The lowest BCUT2D eigenvalue weighted by atomic mass is 9.97. The Morgan fingerprint density at radius 1 is 1.22 bits per heavy atom. The molecule has 1 aliphatic heterocycles. The Balaban J connectivity index is 2.69. The Morgan fingerprint density at radius 2 is 1.83 bits per heavy atom. The summed E-state index contributed by atoms with van der Waals surface area (Å²) in [5, 5.41) is 2.96. The van der Waals surface area contributed by atoms with Gasteiger partial charge >= 0.3 is 6.18 Å². The van der Waals surface area contributed by atoms with E-state index in [2.05, 4.69) is 21.2 Å². The van der Waals surface area contributed by atoms with Crippen molar-refractivity contribution in [3.05, 3.63) is 56.4 Å². The molecule has 1 heterocycles. The highest BCUT2D eigenvalue weighted by molar-refractivity contribution is 9.11. The Hall–Kier alpha value is -0.940. The summed E-state index contributed by atoms with van der Waals surface area (Å²) in [5.74, 6) is 0. The minimum Gasteiger partial charge on any atom is -0.349 e. The number of rotatable bonds is 0. The van der Waals surface area contributed by atoms with E-state index in [-0.39, 0.29) is 10.6 Å². The monoisotopic (exact) mass is 337 g/mol. The molecule has 2 rings (SSSR count). The van der Waals surface area contributed by atoms with Crippen molar-refractivity contribution in [3.63, 3.8) is 0 Å². The molecule has 0 fully saturated rings. The molecular formula is C12H8BrClF3N. The van der Waals surface area contributed by atoms with E-state index in [4.69, 9.17) is 11.6 Å². The van der Waals surface area contributed by atoms with Gasteiger partial charge in [0, 0.05) is 11.3 Å². The Bertz CT molecular complexity index is 550. The molecule has 0 saturated carbocycles. The van der Waals surface area contributed by atoms with Crippen molar-refractivity contribution in [3.8, 4) is 0 Å². The molecule has 6 heteroatoms. The van der Waals surface area contributed by atoms with E-state index in [1.165, 1.54) is 12.2 Å². The van der Waals surface area contributed by atoms with Crippen LogP contribution in [-0.2, 0) is 0 Å². The van der Waals surface area contributed by atoms with Crippen molar-refractivity contribution >= 4 is 27.5 Å². The number of halogens is 5. The van der Waals surface area contributed by atoms with Crippen LogP contribution in [0.25, 0.3) is 0 Å². The lowest BCUT2D eigenvalue weighted by Crippen LogP contribution is -2.24. The Kier molecular flexibility index (Phi) is 3.47. The van der Waals surface area contributed by atoms with E-state index in [0.29, 0.717) is 15.9 Å². The summed E-state index contributed by atoms with van der Waals surface area (Å²) in [7, 11) is 0. The highest BCUT2D eigenvalue weighted by Crippen LogP contribution is 2.42. The fourth-order valence-corrected chi connectivity index (χ4v) is 2.51. The summed E-state index contributed by atoms with van der Waals surface area (Å²) in [4.78, 5) is 0. The van der Waals surface area contributed by atoms with Crippen LogP contribution < -0.4 is 5.32 Å². The van der Waals surface area contributed by atoms with E-state index in [0.717, 1.165) is 6.08 Å². The molecular weight excluding hydrogens is 330 g/mol. The maximum Gasteiger partial charge on any atom is 0.417 e. The summed E-state index contributed by atoms with van der Waals surface area (Å²) in [6.07, 6.45) is 1.01. The van der Waals surface area contributed by atoms with Gasteiger partial charge in [-0.05, 0) is 40.6 Å². The largest absolute Gasteiger partial charge is 0.417 e. The first kappa shape index (κ1) is 13.5. The zero-order chi connectivity index (χ0) is 13.5. The van der Waals surface area contributed by atoms with Crippen LogP contribution >= 0.6 is 27.5 Å². The second kappa shape index (κ2) is 4.63. The molecule has 96 valence electrons. The third kappa shape index (κ3) is 2.29. The van der Waals surface area contributed by atoms with Gasteiger partial charge in [0.05, 0.1) is 15.2 Å². The summed E-state index contributed by atoms with van der Waals surface area (Å²) in [5.41, 5.74) is 0.102. The van der Waals surface area contributed by atoms with Crippen LogP contribution in [0.2, 0.25) is 0 Å². The Labute approximate surface area is 116 Å². The quantitative estimate of drug-likeness (QED) is 0.634. The fraction of sp³-hybridized carbons (Fsp3) is 0.167.